The Morgan fingerprint density at radius 2 is 1.85 bits per heavy atom. The summed E-state index contributed by atoms with van der Waals surface area (Å²) in [5.41, 5.74) is 0.763. The van der Waals surface area contributed by atoms with E-state index in [0.29, 0.717) is 22.9 Å². The molecule has 20 heavy (non-hydrogen) atoms. The number of rotatable bonds is 5. The largest absolute Gasteiger partial charge is 0.392 e. The van der Waals surface area contributed by atoms with Crippen molar-refractivity contribution in [3.63, 3.8) is 0 Å². The molecule has 0 spiro atoms. The third kappa shape index (κ3) is 3.51. The minimum Gasteiger partial charge on any atom is -0.392 e. The van der Waals surface area contributed by atoms with Gasteiger partial charge in [0, 0.05) is 28.9 Å². The van der Waals surface area contributed by atoms with Crippen LogP contribution in [0.4, 0.5) is 0 Å². The van der Waals surface area contributed by atoms with Crippen LogP contribution in [0.5, 0.6) is 0 Å². The van der Waals surface area contributed by atoms with Crippen LogP contribution in [0, 0.1) is 0 Å². The van der Waals surface area contributed by atoms with Gasteiger partial charge in [-0.3, -0.25) is 0 Å². The van der Waals surface area contributed by atoms with E-state index in [1.165, 1.54) is 6.33 Å². The summed E-state index contributed by atoms with van der Waals surface area (Å²) in [4.78, 5) is 4.19. The third-order valence-corrected chi connectivity index (χ3v) is 3.76. The summed E-state index contributed by atoms with van der Waals surface area (Å²) in [6.07, 6.45) is 1.71. The summed E-state index contributed by atoms with van der Waals surface area (Å²) in [7, 11) is 0. The van der Waals surface area contributed by atoms with E-state index in [2.05, 4.69) is 10.1 Å². The molecule has 6 heteroatoms. The summed E-state index contributed by atoms with van der Waals surface area (Å²) in [6, 6.07) is 5.54. The van der Waals surface area contributed by atoms with Crippen molar-refractivity contribution in [2.45, 2.75) is 38.8 Å². The lowest BCUT2D eigenvalue weighted by atomic mass is 10.1. The molecule has 1 aromatic carbocycles. The van der Waals surface area contributed by atoms with Gasteiger partial charge in [-0.2, -0.15) is 5.10 Å². The van der Waals surface area contributed by atoms with Crippen molar-refractivity contribution in [1.29, 1.82) is 0 Å². The summed E-state index contributed by atoms with van der Waals surface area (Å²) < 4.78 is 1.80. The van der Waals surface area contributed by atoms with E-state index in [0.717, 1.165) is 11.4 Å². The van der Waals surface area contributed by atoms with Crippen LogP contribution in [-0.4, -0.2) is 26.0 Å². The minimum atomic E-state index is -0.603. The zero-order valence-electron chi connectivity index (χ0n) is 11.4. The fourth-order valence-corrected chi connectivity index (χ4v) is 2.65. The molecule has 0 saturated carbocycles. The number of benzene rings is 1. The molecule has 4 nitrogen and oxygen atoms in total. The number of nitrogens with zero attached hydrogens (tertiary/aromatic N) is 3. The van der Waals surface area contributed by atoms with Crippen molar-refractivity contribution in [3.8, 4) is 0 Å². The molecule has 0 aliphatic rings. The van der Waals surface area contributed by atoms with Crippen LogP contribution in [0.1, 0.15) is 31.3 Å². The highest BCUT2D eigenvalue weighted by atomic mass is 35.5. The van der Waals surface area contributed by atoms with Crippen LogP contribution in [0.3, 0.4) is 0 Å². The zero-order chi connectivity index (χ0) is 14.7. The molecule has 2 rings (SSSR count). The van der Waals surface area contributed by atoms with Gasteiger partial charge in [-0.25, -0.2) is 9.67 Å². The Bertz CT molecular complexity index is 563. The molecule has 0 fully saturated rings. The third-order valence-electron chi connectivity index (χ3n) is 3.06. The molecule has 0 aliphatic carbocycles. The quantitative estimate of drug-likeness (QED) is 0.921. The first-order valence-electron chi connectivity index (χ1n) is 6.48. The van der Waals surface area contributed by atoms with E-state index >= 15 is 0 Å². The Morgan fingerprint density at radius 3 is 2.45 bits per heavy atom. The van der Waals surface area contributed by atoms with Gasteiger partial charge in [0.2, 0.25) is 0 Å². The fraction of sp³-hybridized carbons (Fsp3) is 0.429. The number of hydrogen-bond donors (Lipinski definition) is 1. The lowest BCUT2D eigenvalue weighted by molar-refractivity contribution is 0.170. The van der Waals surface area contributed by atoms with Crippen LogP contribution in [0.15, 0.2) is 24.5 Å². The van der Waals surface area contributed by atoms with E-state index in [1.54, 1.807) is 22.9 Å². The van der Waals surface area contributed by atoms with Crippen molar-refractivity contribution in [2.75, 3.05) is 0 Å². The van der Waals surface area contributed by atoms with Gasteiger partial charge in [0.1, 0.15) is 12.2 Å². The van der Waals surface area contributed by atoms with Crippen molar-refractivity contribution in [1.82, 2.24) is 14.8 Å². The summed E-state index contributed by atoms with van der Waals surface area (Å²) >= 11 is 12.2. The highest BCUT2D eigenvalue weighted by Gasteiger charge is 2.16. The van der Waals surface area contributed by atoms with Crippen molar-refractivity contribution in [3.05, 3.63) is 46.0 Å². The second-order valence-electron chi connectivity index (χ2n) is 4.98. The van der Waals surface area contributed by atoms with Crippen molar-refractivity contribution in [2.24, 2.45) is 0 Å². The topological polar surface area (TPSA) is 50.9 Å². The fourth-order valence-electron chi connectivity index (χ4n) is 2.10. The molecule has 1 N–H and O–H groups in total. The van der Waals surface area contributed by atoms with Gasteiger partial charge in [0.25, 0.3) is 0 Å². The molecule has 2 aromatic rings. The van der Waals surface area contributed by atoms with Gasteiger partial charge < -0.3 is 5.11 Å². The zero-order valence-corrected chi connectivity index (χ0v) is 12.9. The van der Waals surface area contributed by atoms with Crippen LogP contribution >= 0.6 is 23.2 Å². The van der Waals surface area contributed by atoms with E-state index in [4.69, 9.17) is 23.2 Å². The number of aromatic nitrogens is 3. The molecule has 1 heterocycles. The number of halogens is 2. The SMILES string of the molecule is CC(C)n1ncnc1CC(O)Cc1c(Cl)cccc1Cl. The van der Waals surface area contributed by atoms with Crippen LogP contribution in [-0.2, 0) is 12.8 Å². The normalized spacial score (nSPS) is 12.9. The Labute approximate surface area is 128 Å². The molecule has 108 valence electrons. The monoisotopic (exact) mass is 313 g/mol. The molecule has 0 bridgehead atoms. The lowest BCUT2D eigenvalue weighted by Gasteiger charge is -2.14. The Morgan fingerprint density at radius 1 is 1.20 bits per heavy atom. The maximum absolute atomic E-state index is 10.2. The Balaban J connectivity index is 2.09. The maximum atomic E-state index is 10.2. The number of aliphatic hydroxyl groups excluding tert-OH is 1. The van der Waals surface area contributed by atoms with Crippen LogP contribution in [0.2, 0.25) is 10.0 Å². The van der Waals surface area contributed by atoms with E-state index in [-0.39, 0.29) is 6.04 Å². The molecule has 0 radical (unpaired) electrons. The molecule has 0 aliphatic heterocycles. The number of aliphatic hydroxyl groups is 1. The summed E-state index contributed by atoms with van der Waals surface area (Å²) in [6.45, 7) is 4.05. The predicted molar refractivity (Wildman–Crippen MR) is 80.3 cm³/mol. The van der Waals surface area contributed by atoms with Gasteiger partial charge in [-0.15, -0.1) is 0 Å². The first kappa shape index (κ1) is 15.3. The first-order chi connectivity index (χ1) is 9.49. The molecule has 1 unspecified atom stereocenters. The maximum Gasteiger partial charge on any atom is 0.138 e. The number of hydrogen-bond acceptors (Lipinski definition) is 3. The van der Waals surface area contributed by atoms with Gasteiger partial charge >= 0.3 is 0 Å². The molecular weight excluding hydrogens is 297 g/mol. The first-order valence-corrected chi connectivity index (χ1v) is 7.24. The molecular formula is C14H17Cl2N3O. The average molecular weight is 314 g/mol. The van der Waals surface area contributed by atoms with Crippen molar-refractivity contribution < 1.29 is 5.11 Å². The Hall–Kier alpha value is -1.10. The second kappa shape index (κ2) is 6.57. The van der Waals surface area contributed by atoms with E-state index < -0.39 is 6.10 Å². The van der Waals surface area contributed by atoms with Gasteiger partial charge in [0.15, 0.2) is 0 Å². The summed E-state index contributed by atoms with van der Waals surface area (Å²) in [5, 5.41) is 15.5. The second-order valence-corrected chi connectivity index (χ2v) is 5.79. The smallest absolute Gasteiger partial charge is 0.138 e. The standard InChI is InChI=1S/C14H17Cl2N3O/c1-9(2)19-14(17-8-18-19)7-10(20)6-11-12(15)4-3-5-13(11)16/h3-5,8-10,20H,6-7H2,1-2H3. The van der Waals surface area contributed by atoms with Crippen molar-refractivity contribution >= 4 is 23.2 Å². The molecule has 0 amide bonds. The lowest BCUT2D eigenvalue weighted by Crippen LogP contribution is -2.19. The van der Waals surface area contributed by atoms with E-state index in [1.807, 2.05) is 13.8 Å². The minimum absolute atomic E-state index is 0.212. The highest BCUT2D eigenvalue weighted by molar-refractivity contribution is 6.35. The average Bonchev–Trinajstić information content (AvgIpc) is 2.82. The van der Waals surface area contributed by atoms with Gasteiger partial charge in [0.05, 0.1) is 6.10 Å². The van der Waals surface area contributed by atoms with Crippen LogP contribution in [0.25, 0.3) is 0 Å². The Kier molecular flexibility index (Phi) is 5.02. The molecule has 0 saturated heterocycles. The van der Waals surface area contributed by atoms with Crippen LogP contribution < -0.4 is 0 Å². The summed E-state index contributed by atoms with van der Waals surface area (Å²) in [5.74, 6) is 0.760. The molecule has 1 atom stereocenters. The van der Waals surface area contributed by atoms with Gasteiger partial charge in [-0.05, 0) is 31.5 Å². The predicted octanol–water partition coefficient (Wildman–Crippen LogP) is 3.31. The van der Waals surface area contributed by atoms with E-state index in [9.17, 15) is 5.11 Å². The van der Waals surface area contributed by atoms with Gasteiger partial charge in [-0.1, -0.05) is 29.3 Å². The molecule has 1 aromatic heterocycles. The highest BCUT2D eigenvalue weighted by Crippen LogP contribution is 2.26.